The Labute approximate surface area is 96.1 Å². The highest BCUT2D eigenvalue weighted by atomic mass is 28.4. The number of rotatable bonds is 5. The molecule has 90 valence electrons. The SMILES string of the molecule is CCO[Si](C)(C)CC(C)N1CCCCC1. The molecule has 0 bridgehead atoms. The largest absolute Gasteiger partial charge is 0.418 e. The lowest BCUT2D eigenvalue weighted by molar-refractivity contribution is 0.179. The van der Waals surface area contributed by atoms with E-state index in [1.54, 1.807) is 0 Å². The maximum atomic E-state index is 5.90. The van der Waals surface area contributed by atoms with Gasteiger partial charge in [-0.25, -0.2) is 0 Å². The summed E-state index contributed by atoms with van der Waals surface area (Å²) >= 11 is 0. The molecule has 1 fully saturated rings. The number of likely N-dealkylation sites (tertiary alicyclic amines) is 1. The first kappa shape index (κ1) is 13.2. The first-order valence-electron chi connectivity index (χ1n) is 6.43. The molecule has 0 N–H and O–H groups in total. The van der Waals surface area contributed by atoms with Gasteiger partial charge in [0.1, 0.15) is 0 Å². The van der Waals surface area contributed by atoms with Gasteiger partial charge in [-0.3, -0.25) is 0 Å². The Hall–Kier alpha value is 0.137. The van der Waals surface area contributed by atoms with Gasteiger partial charge in [-0.1, -0.05) is 6.42 Å². The molecular weight excluding hydrogens is 202 g/mol. The minimum absolute atomic E-state index is 0.721. The van der Waals surface area contributed by atoms with Crippen LogP contribution in [0.1, 0.15) is 33.1 Å². The molecule has 1 unspecified atom stereocenters. The molecule has 15 heavy (non-hydrogen) atoms. The van der Waals surface area contributed by atoms with Crippen molar-refractivity contribution >= 4 is 8.32 Å². The van der Waals surface area contributed by atoms with Crippen molar-refractivity contribution in [3.05, 3.63) is 0 Å². The van der Waals surface area contributed by atoms with Crippen LogP contribution >= 0.6 is 0 Å². The zero-order valence-corrected chi connectivity index (χ0v) is 11.9. The number of nitrogens with zero attached hydrogens (tertiary/aromatic N) is 1. The second-order valence-corrected chi connectivity index (χ2v) is 9.56. The van der Waals surface area contributed by atoms with Crippen molar-refractivity contribution in [2.24, 2.45) is 0 Å². The fraction of sp³-hybridized carbons (Fsp3) is 1.00. The van der Waals surface area contributed by atoms with E-state index in [4.69, 9.17) is 4.43 Å². The van der Waals surface area contributed by atoms with Crippen molar-refractivity contribution in [2.45, 2.75) is 58.3 Å². The molecule has 0 aliphatic carbocycles. The van der Waals surface area contributed by atoms with E-state index in [0.717, 1.165) is 12.6 Å². The van der Waals surface area contributed by atoms with Gasteiger partial charge in [0.2, 0.25) is 0 Å². The highest BCUT2D eigenvalue weighted by Crippen LogP contribution is 2.20. The van der Waals surface area contributed by atoms with E-state index < -0.39 is 8.32 Å². The first-order chi connectivity index (χ1) is 7.05. The number of piperidine rings is 1. The molecule has 1 atom stereocenters. The number of hydrogen-bond donors (Lipinski definition) is 0. The molecule has 1 heterocycles. The summed E-state index contributed by atoms with van der Waals surface area (Å²) < 4.78 is 5.90. The quantitative estimate of drug-likeness (QED) is 0.672. The Morgan fingerprint density at radius 1 is 1.20 bits per heavy atom. The van der Waals surface area contributed by atoms with Gasteiger partial charge in [-0.2, -0.15) is 0 Å². The van der Waals surface area contributed by atoms with Crippen LogP contribution in [0.15, 0.2) is 0 Å². The van der Waals surface area contributed by atoms with Gasteiger partial charge in [-0.15, -0.1) is 0 Å². The van der Waals surface area contributed by atoms with Crippen LogP contribution in [-0.4, -0.2) is 39.0 Å². The third-order valence-electron chi connectivity index (χ3n) is 3.34. The van der Waals surface area contributed by atoms with E-state index in [-0.39, 0.29) is 0 Å². The van der Waals surface area contributed by atoms with Crippen molar-refractivity contribution < 1.29 is 4.43 Å². The van der Waals surface area contributed by atoms with Crippen molar-refractivity contribution in [1.29, 1.82) is 0 Å². The number of hydrogen-bond acceptors (Lipinski definition) is 2. The van der Waals surface area contributed by atoms with E-state index >= 15 is 0 Å². The van der Waals surface area contributed by atoms with Gasteiger partial charge < -0.3 is 9.33 Å². The van der Waals surface area contributed by atoms with Crippen LogP contribution in [0, 0.1) is 0 Å². The predicted molar refractivity (Wildman–Crippen MR) is 68.8 cm³/mol. The van der Waals surface area contributed by atoms with E-state index in [9.17, 15) is 0 Å². The maximum absolute atomic E-state index is 5.90. The fourth-order valence-corrected chi connectivity index (χ4v) is 5.23. The zero-order valence-electron chi connectivity index (χ0n) is 10.9. The smallest absolute Gasteiger partial charge is 0.188 e. The van der Waals surface area contributed by atoms with E-state index in [2.05, 4.69) is 31.8 Å². The molecule has 2 nitrogen and oxygen atoms in total. The normalized spacial score (nSPS) is 21.6. The summed E-state index contributed by atoms with van der Waals surface area (Å²) in [6, 6.07) is 2.00. The van der Waals surface area contributed by atoms with Crippen LogP contribution < -0.4 is 0 Å². The summed E-state index contributed by atoms with van der Waals surface area (Å²) in [5.41, 5.74) is 0. The van der Waals surface area contributed by atoms with Crippen LogP contribution in [0.25, 0.3) is 0 Å². The first-order valence-corrected chi connectivity index (χ1v) is 9.55. The fourth-order valence-electron chi connectivity index (χ4n) is 2.65. The molecule has 0 aromatic carbocycles. The predicted octanol–water partition coefficient (Wildman–Crippen LogP) is 3.10. The van der Waals surface area contributed by atoms with Gasteiger partial charge in [-0.05, 0) is 58.9 Å². The van der Waals surface area contributed by atoms with Crippen LogP contribution in [0.5, 0.6) is 0 Å². The molecule has 0 aromatic rings. The van der Waals surface area contributed by atoms with Crippen molar-refractivity contribution in [2.75, 3.05) is 19.7 Å². The second kappa shape index (κ2) is 6.02. The second-order valence-electron chi connectivity index (χ2n) is 5.34. The Morgan fingerprint density at radius 3 is 2.33 bits per heavy atom. The highest BCUT2D eigenvalue weighted by molar-refractivity contribution is 6.71. The summed E-state index contributed by atoms with van der Waals surface area (Å²) in [6.45, 7) is 12.7. The van der Waals surface area contributed by atoms with Gasteiger partial charge in [0.05, 0.1) is 0 Å². The third-order valence-corrected chi connectivity index (χ3v) is 5.98. The molecule has 0 radical (unpaired) electrons. The summed E-state index contributed by atoms with van der Waals surface area (Å²) in [6.07, 6.45) is 4.21. The van der Waals surface area contributed by atoms with Crippen molar-refractivity contribution in [1.82, 2.24) is 4.90 Å². The molecule has 1 aliphatic heterocycles. The molecular formula is C12H27NOSi. The molecule has 0 amide bonds. The molecule has 0 spiro atoms. The zero-order chi connectivity index (χ0) is 11.3. The topological polar surface area (TPSA) is 12.5 Å². The molecule has 0 aromatic heterocycles. The lowest BCUT2D eigenvalue weighted by atomic mass is 10.1. The minimum Gasteiger partial charge on any atom is -0.418 e. The Kier molecular flexibility index (Phi) is 5.30. The van der Waals surface area contributed by atoms with Crippen LogP contribution in [0.3, 0.4) is 0 Å². The van der Waals surface area contributed by atoms with Crippen LogP contribution in [-0.2, 0) is 4.43 Å². The standard InChI is InChI=1S/C12H27NOSi/c1-5-14-15(3,4)11-12(2)13-9-7-6-8-10-13/h12H,5-11H2,1-4H3. The summed E-state index contributed by atoms with van der Waals surface area (Å²) in [4.78, 5) is 2.65. The Balaban J connectivity index is 2.35. The molecule has 1 aliphatic rings. The summed E-state index contributed by atoms with van der Waals surface area (Å²) in [7, 11) is -1.39. The minimum atomic E-state index is -1.39. The van der Waals surface area contributed by atoms with Crippen LogP contribution in [0.2, 0.25) is 19.1 Å². The van der Waals surface area contributed by atoms with Crippen molar-refractivity contribution in [3.8, 4) is 0 Å². The summed E-state index contributed by atoms with van der Waals surface area (Å²) in [5.74, 6) is 0. The average Bonchev–Trinajstić information content (AvgIpc) is 2.18. The van der Waals surface area contributed by atoms with Gasteiger partial charge >= 0.3 is 0 Å². The monoisotopic (exact) mass is 229 g/mol. The van der Waals surface area contributed by atoms with Crippen molar-refractivity contribution in [3.63, 3.8) is 0 Å². The third kappa shape index (κ3) is 4.66. The molecule has 1 saturated heterocycles. The molecule has 1 rings (SSSR count). The van der Waals surface area contributed by atoms with Gasteiger partial charge in [0.15, 0.2) is 8.32 Å². The van der Waals surface area contributed by atoms with E-state index in [0.29, 0.717) is 0 Å². The molecule has 0 saturated carbocycles. The molecule has 3 heteroatoms. The van der Waals surface area contributed by atoms with Crippen LogP contribution in [0.4, 0.5) is 0 Å². The van der Waals surface area contributed by atoms with E-state index in [1.165, 1.54) is 38.4 Å². The lowest BCUT2D eigenvalue weighted by Crippen LogP contribution is -2.43. The lowest BCUT2D eigenvalue weighted by Gasteiger charge is -2.36. The van der Waals surface area contributed by atoms with E-state index in [1.807, 2.05) is 0 Å². The summed E-state index contributed by atoms with van der Waals surface area (Å²) in [5, 5.41) is 0. The van der Waals surface area contributed by atoms with Gasteiger partial charge in [0.25, 0.3) is 0 Å². The average molecular weight is 229 g/mol. The maximum Gasteiger partial charge on any atom is 0.188 e. The Morgan fingerprint density at radius 2 is 1.80 bits per heavy atom. The Bertz CT molecular complexity index is 178. The highest BCUT2D eigenvalue weighted by Gasteiger charge is 2.28. The van der Waals surface area contributed by atoms with Gasteiger partial charge in [0, 0.05) is 12.6 Å².